The summed E-state index contributed by atoms with van der Waals surface area (Å²) in [7, 11) is 0. The summed E-state index contributed by atoms with van der Waals surface area (Å²) in [5, 5.41) is 0. The number of aryl methyl sites for hydroxylation is 1. The molecule has 3 nitrogen and oxygen atoms in total. The van der Waals surface area contributed by atoms with E-state index in [1.807, 2.05) is 6.92 Å². The van der Waals surface area contributed by atoms with E-state index in [4.69, 9.17) is 0 Å². The summed E-state index contributed by atoms with van der Waals surface area (Å²) >= 11 is 0. The second kappa shape index (κ2) is 2.73. The van der Waals surface area contributed by atoms with Gasteiger partial charge in [0.2, 0.25) is 0 Å². The highest BCUT2D eigenvalue weighted by atomic mass is 19.1. The number of fused-ring (bicyclic) bond motifs is 1. The number of nitrogens with zero attached hydrogens (tertiary/aromatic N) is 1. The molecule has 0 aliphatic carbocycles. The van der Waals surface area contributed by atoms with Crippen LogP contribution in [0.5, 0.6) is 0 Å². The van der Waals surface area contributed by atoms with Gasteiger partial charge in [-0.2, -0.15) is 0 Å². The molecule has 1 N–H and O–H groups in total. The Morgan fingerprint density at radius 1 is 1.54 bits per heavy atom. The van der Waals surface area contributed by atoms with E-state index in [1.165, 1.54) is 12.1 Å². The first-order chi connectivity index (χ1) is 6.22. The van der Waals surface area contributed by atoms with E-state index in [9.17, 15) is 9.18 Å². The molecule has 4 heteroatoms. The molecule has 0 aliphatic heterocycles. The normalized spacial score (nSPS) is 10.9. The molecule has 2 rings (SSSR count). The maximum atomic E-state index is 12.8. The third kappa shape index (κ3) is 1.14. The maximum Gasteiger partial charge on any atom is 0.326 e. The molecule has 2 aromatic rings. The summed E-state index contributed by atoms with van der Waals surface area (Å²) in [4.78, 5) is 13.9. The highest BCUT2D eigenvalue weighted by molar-refractivity contribution is 5.75. The highest BCUT2D eigenvalue weighted by Gasteiger charge is 2.04. The molecule has 0 fully saturated rings. The van der Waals surface area contributed by atoms with Gasteiger partial charge in [-0.15, -0.1) is 0 Å². The average molecular weight is 180 g/mol. The lowest BCUT2D eigenvalue weighted by Gasteiger charge is -1.96. The van der Waals surface area contributed by atoms with Gasteiger partial charge < -0.3 is 4.98 Å². The number of hydrogen-bond donors (Lipinski definition) is 1. The van der Waals surface area contributed by atoms with Gasteiger partial charge in [0.05, 0.1) is 11.0 Å². The van der Waals surface area contributed by atoms with Crippen LogP contribution in [0.25, 0.3) is 11.0 Å². The van der Waals surface area contributed by atoms with Crippen molar-refractivity contribution in [2.45, 2.75) is 13.5 Å². The van der Waals surface area contributed by atoms with E-state index in [2.05, 4.69) is 4.98 Å². The number of benzene rings is 1. The summed E-state index contributed by atoms with van der Waals surface area (Å²) in [6, 6.07) is 4.27. The van der Waals surface area contributed by atoms with Crippen LogP contribution in [0.15, 0.2) is 23.0 Å². The van der Waals surface area contributed by atoms with Crippen molar-refractivity contribution in [2.24, 2.45) is 0 Å². The van der Waals surface area contributed by atoms with E-state index in [0.717, 1.165) is 5.52 Å². The van der Waals surface area contributed by atoms with Crippen LogP contribution >= 0.6 is 0 Å². The first kappa shape index (κ1) is 8.04. The average Bonchev–Trinajstić information content (AvgIpc) is 2.39. The molecule has 0 saturated heterocycles. The van der Waals surface area contributed by atoms with Crippen molar-refractivity contribution in [1.29, 1.82) is 0 Å². The van der Waals surface area contributed by atoms with Crippen LogP contribution in [0.2, 0.25) is 0 Å². The predicted molar refractivity (Wildman–Crippen MR) is 48.2 cm³/mol. The van der Waals surface area contributed by atoms with Crippen molar-refractivity contribution in [2.75, 3.05) is 0 Å². The minimum atomic E-state index is -0.336. The van der Waals surface area contributed by atoms with E-state index < -0.39 is 0 Å². The molecule has 0 bridgehead atoms. The van der Waals surface area contributed by atoms with E-state index in [-0.39, 0.29) is 11.5 Å². The third-order valence-corrected chi connectivity index (χ3v) is 2.05. The zero-order chi connectivity index (χ0) is 9.42. The van der Waals surface area contributed by atoms with E-state index >= 15 is 0 Å². The second-order valence-electron chi connectivity index (χ2n) is 2.84. The molecule has 1 aromatic carbocycles. The standard InChI is InChI=1S/C9H9FN2O/c1-2-12-8-4-3-6(10)5-7(8)11-9(12)13/h3-5H,2H2,1H3,(H,11,13). The molecule has 0 saturated carbocycles. The van der Waals surface area contributed by atoms with Gasteiger partial charge in [-0.1, -0.05) is 0 Å². The Labute approximate surface area is 73.8 Å². The Balaban J connectivity index is 2.87. The quantitative estimate of drug-likeness (QED) is 0.709. The van der Waals surface area contributed by atoms with Crippen molar-refractivity contribution >= 4 is 11.0 Å². The van der Waals surface area contributed by atoms with Gasteiger partial charge >= 0.3 is 5.69 Å². The van der Waals surface area contributed by atoms with Crippen molar-refractivity contribution in [1.82, 2.24) is 9.55 Å². The zero-order valence-corrected chi connectivity index (χ0v) is 7.17. The van der Waals surface area contributed by atoms with Crippen molar-refractivity contribution in [3.63, 3.8) is 0 Å². The smallest absolute Gasteiger partial charge is 0.305 e. The number of aromatic amines is 1. The van der Waals surface area contributed by atoms with Crippen LogP contribution in [-0.4, -0.2) is 9.55 Å². The van der Waals surface area contributed by atoms with Gasteiger partial charge in [0.25, 0.3) is 0 Å². The van der Waals surface area contributed by atoms with Gasteiger partial charge in [-0.3, -0.25) is 4.57 Å². The molecule has 0 aliphatic rings. The third-order valence-electron chi connectivity index (χ3n) is 2.05. The molecular formula is C9H9FN2O. The molecular weight excluding hydrogens is 171 g/mol. The SMILES string of the molecule is CCn1c(=O)[nH]c2cc(F)ccc21. The van der Waals surface area contributed by atoms with Gasteiger partial charge in [0.1, 0.15) is 5.82 Å². The first-order valence-electron chi connectivity index (χ1n) is 4.10. The van der Waals surface area contributed by atoms with Gasteiger partial charge in [0, 0.05) is 6.54 Å². The fraction of sp³-hybridized carbons (Fsp3) is 0.222. The van der Waals surface area contributed by atoms with Crippen molar-refractivity contribution in [3.8, 4) is 0 Å². The fourth-order valence-corrected chi connectivity index (χ4v) is 1.45. The number of hydrogen-bond acceptors (Lipinski definition) is 1. The molecule has 1 heterocycles. The number of H-pyrrole nitrogens is 1. The molecule has 0 radical (unpaired) electrons. The topological polar surface area (TPSA) is 37.8 Å². The Hall–Kier alpha value is -1.58. The number of imidazole rings is 1. The Kier molecular flexibility index (Phi) is 1.69. The monoisotopic (exact) mass is 180 g/mol. The van der Waals surface area contributed by atoms with Crippen LogP contribution in [0, 0.1) is 5.82 Å². The van der Waals surface area contributed by atoms with Crippen LogP contribution in [-0.2, 0) is 6.54 Å². The molecule has 68 valence electrons. The first-order valence-corrected chi connectivity index (χ1v) is 4.10. The van der Waals surface area contributed by atoms with Crippen LogP contribution < -0.4 is 5.69 Å². The van der Waals surface area contributed by atoms with Crippen LogP contribution in [0.3, 0.4) is 0 Å². The largest absolute Gasteiger partial charge is 0.326 e. The lowest BCUT2D eigenvalue weighted by molar-refractivity contribution is 0.629. The van der Waals surface area contributed by atoms with E-state index in [1.54, 1.807) is 10.6 Å². The second-order valence-corrected chi connectivity index (χ2v) is 2.84. The highest BCUT2D eigenvalue weighted by Crippen LogP contribution is 2.11. The lowest BCUT2D eigenvalue weighted by Crippen LogP contribution is -2.14. The molecule has 1 aromatic heterocycles. The Bertz CT molecular complexity index is 498. The number of rotatable bonds is 1. The summed E-state index contributed by atoms with van der Waals surface area (Å²) < 4.78 is 14.3. The minimum absolute atomic E-state index is 0.192. The zero-order valence-electron chi connectivity index (χ0n) is 7.17. The summed E-state index contributed by atoms with van der Waals surface area (Å²) in [5.74, 6) is -0.336. The molecule has 0 spiro atoms. The molecule has 0 atom stereocenters. The van der Waals surface area contributed by atoms with Gasteiger partial charge in [-0.25, -0.2) is 9.18 Å². The number of halogens is 1. The lowest BCUT2D eigenvalue weighted by atomic mass is 10.3. The minimum Gasteiger partial charge on any atom is -0.305 e. The summed E-state index contributed by atoms with van der Waals surface area (Å²) in [6.07, 6.45) is 0. The fourth-order valence-electron chi connectivity index (χ4n) is 1.45. The predicted octanol–water partition coefficient (Wildman–Crippen LogP) is 1.49. The van der Waals surface area contributed by atoms with Crippen LogP contribution in [0.4, 0.5) is 4.39 Å². The van der Waals surface area contributed by atoms with E-state index in [0.29, 0.717) is 12.1 Å². The van der Waals surface area contributed by atoms with Gasteiger partial charge in [-0.05, 0) is 25.1 Å². The summed E-state index contributed by atoms with van der Waals surface area (Å²) in [6.45, 7) is 2.46. The Morgan fingerprint density at radius 3 is 3.00 bits per heavy atom. The van der Waals surface area contributed by atoms with Crippen molar-refractivity contribution < 1.29 is 4.39 Å². The molecule has 0 amide bonds. The number of nitrogens with one attached hydrogen (secondary N) is 1. The van der Waals surface area contributed by atoms with Crippen molar-refractivity contribution in [3.05, 3.63) is 34.5 Å². The number of aromatic nitrogens is 2. The molecule has 0 unspecified atom stereocenters. The van der Waals surface area contributed by atoms with Gasteiger partial charge in [0.15, 0.2) is 0 Å². The summed E-state index contributed by atoms with van der Waals surface area (Å²) in [5.41, 5.74) is 1.10. The van der Waals surface area contributed by atoms with Crippen LogP contribution in [0.1, 0.15) is 6.92 Å². The maximum absolute atomic E-state index is 12.8. The Morgan fingerprint density at radius 2 is 2.31 bits per heavy atom. The molecule has 13 heavy (non-hydrogen) atoms.